The first-order valence-corrected chi connectivity index (χ1v) is 10.6. The van der Waals surface area contributed by atoms with E-state index >= 15 is 0 Å². The summed E-state index contributed by atoms with van der Waals surface area (Å²) in [6.07, 6.45) is 4.59. The van der Waals surface area contributed by atoms with Gasteiger partial charge in [-0.25, -0.2) is 9.07 Å². The van der Waals surface area contributed by atoms with Crippen molar-refractivity contribution in [1.29, 1.82) is 0 Å². The van der Waals surface area contributed by atoms with Gasteiger partial charge in [0.25, 0.3) is 0 Å². The van der Waals surface area contributed by atoms with Crippen LogP contribution in [0.3, 0.4) is 0 Å². The molecule has 2 heterocycles. The van der Waals surface area contributed by atoms with Crippen LogP contribution in [0.1, 0.15) is 55.2 Å². The van der Waals surface area contributed by atoms with Crippen molar-refractivity contribution in [1.82, 2.24) is 9.78 Å². The van der Waals surface area contributed by atoms with Gasteiger partial charge < -0.3 is 10.6 Å². The summed E-state index contributed by atoms with van der Waals surface area (Å²) in [5.74, 6) is -0.793. The first kappa shape index (κ1) is 19.5. The van der Waals surface area contributed by atoms with Crippen molar-refractivity contribution in [2.24, 2.45) is 0 Å². The topological polar surface area (TPSA) is 76.0 Å². The van der Waals surface area contributed by atoms with Crippen LogP contribution in [0.5, 0.6) is 0 Å². The van der Waals surface area contributed by atoms with Crippen LogP contribution in [-0.4, -0.2) is 21.6 Å². The van der Waals surface area contributed by atoms with Crippen LogP contribution in [0.15, 0.2) is 54.6 Å². The maximum atomic E-state index is 13.6. The number of hydrogen-bond acceptors (Lipinski definition) is 3. The van der Waals surface area contributed by atoms with Crippen molar-refractivity contribution in [2.45, 2.75) is 43.9 Å². The van der Waals surface area contributed by atoms with E-state index in [9.17, 15) is 14.0 Å². The molecule has 0 saturated heterocycles. The van der Waals surface area contributed by atoms with Crippen LogP contribution in [0.2, 0.25) is 0 Å². The Balaban J connectivity index is 1.48. The molecule has 158 valence electrons. The first-order valence-electron chi connectivity index (χ1n) is 10.6. The molecule has 3 aromatic rings. The Kier molecular flexibility index (Phi) is 5.02. The van der Waals surface area contributed by atoms with Crippen molar-refractivity contribution < 1.29 is 14.0 Å². The fourth-order valence-electron chi connectivity index (χ4n) is 4.56. The fourth-order valence-corrected chi connectivity index (χ4v) is 4.56. The number of halogens is 1. The van der Waals surface area contributed by atoms with Gasteiger partial charge in [-0.3, -0.25) is 9.59 Å². The van der Waals surface area contributed by atoms with E-state index in [-0.39, 0.29) is 18.2 Å². The van der Waals surface area contributed by atoms with Gasteiger partial charge in [0, 0.05) is 24.1 Å². The Labute approximate surface area is 179 Å². The molecule has 0 spiro atoms. The second kappa shape index (κ2) is 7.98. The Morgan fingerprint density at radius 3 is 2.65 bits per heavy atom. The average molecular weight is 418 g/mol. The molecule has 5 rings (SSSR count). The molecule has 31 heavy (non-hydrogen) atoms. The summed E-state index contributed by atoms with van der Waals surface area (Å²) < 4.78 is 15.4. The molecule has 1 aromatic heterocycles. The number of benzene rings is 2. The number of hydrogen-bond donors (Lipinski definition) is 2. The molecule has 1 atom stereocenters. The third-order valence-electron chi connectivity index (χ3n) is 6.12. The van der Waals surface area contributed by atoms with Gasteiger partial charge in [0.2, 0.25) is 11.8 Å². The van der Waals surface area contributed by atoms with E-state index in [1.807, 2.05) is 36.4 Å². The fraction of sp³-hybridized carbons (Fsp3) is 0.292. The predicted octanol–water partition coefficient (Wildman–Crippen LogP) is 4.73. The van der Waals surface area contributed by atoms with Crippen LogP contribution in [0.4, 0.5) is 15.9 Å². The quantitative estimate of drug-likeness (QED) is 0.643. The molecule has 1 aliphatic heterocycles. The SMILES string of the molecule is O=C1CC(C(=O)Nc2cc(C3CCCC3)nn2-c2ccccc2)c2ccc(F)cc2N1. The molecular formula is C24H23FN4O2. The van der Waals surface area contributed by atoms with Gasteiger partial charge in [0.1, 0.15) is 11.6 Å². The zero-order valence-corrected chi connectivity index (χ0v) is 17.0. The molecule has 2 aromatic carbocycles. The molecule has 2 aliphatic rings. The van der Waals surface area contributed by atoms with Gasteiger partial charge >= 0.3 is 0 Å². The molecule has 1 unspecified atom stereocenters. The number of anilines is 2. The number of aromatic nitrogens is 2. The minimum absolute atomic E-state index is 0.0133. The summed E-state index contributed by atoms with van der Waals surface area (Å²) in [6.45, 7) is 0. The average Bonchev–Trinajstić information content (AvgIpc) is 3.43. The smallest absolute Gasteiger partial charge is 0.233 e. The van der Waals surface area contributed by atoms with E-state index in [1.165, 1.54) is 25.0 Å². The lowest BCUT2D eigenvalue weighted by molar-refractivity contribution is -0.123. The summed E-state index contributed by atoms with van der Waals surface area (Å²) in [6, 6.07) is 15.7. The van der Waals surface area contributed by atoms with Crippen molar-refractivity contribution in [3.63, 3.8) is 0 Å². The number of amides is 2. The maximum Gasteiger partial charge on any atom is 0.233 e. The number of nitrogens with zero attached hydrogens (tertiary/aromatic N) is 2. The Morgan fingerprint density at radius 2 is 1.87 bits per heavy atom. The highest BCUT2D eigenvalue weighted by Gasteiger charge is 2.32. The van der Waals surface area contributed by atoms with E-state index in [1.54, 1.807) is 10.7 Å². The van der Waals surface area contributed by atoms with E-state index in [0.29, 0.717) is 23.0 Å². The molecule has 6 nitrogen and oxygen atoms in total. The number of fused-ring (bicyclic) bond motifs is 1. The molecule has 2 N–H and O–H groups in total. The standard InChI is InChI=1S/C24H23FN4O2/c25-16-10-11-18-19(13-23(30)26-21(18)12-16)24(31)27-22-14-20(15-6-4-5-7-15)28-29(22)17-8-2-1-3-9-17/h1-3,8-12,14-15,19H,4-7,13H2,(H,26,30)(H,27,31). The van der Waals surface area contributed by atoms with Crippen LogP contribution < -0.4 is 10.6 Å². The normalized spacial score (nSPS) is 18.5. The minimum Gasteiger partial charge on any atom is -0.326 e. The molecule has 0 radical (unpaired) electrons. The van der Waals surface area contributed by atoms with Gasteiger partial charge in [0.05, 0.1) is 17.3 Å². The number of nitrogens with one attached hydrogen (secondary N) is 2. The third-order valence-corrected chi connectivity index (χ3v) is 6.12. The van der Waals surface area contributed by atoms with Crippen molar-refractivity contribution in [3.8, 4) is 5.69 Å². The van der Waals surface area contributed by atoms with E-state index < -0.39 is 11.7 Å². The predicted molar refractivity (Wildman–Crippen MR) is 116 cm³/mol. The Morgan fingerprint density at radius 1 is 1.10 bits per heavy atom. The lowest BCUT2D eigenvalue weighted by Gasteiger charge is -2.25. The van der Waals surface area contributed by atoms with Crippen LogP contribution in [0, 0.1) is 5.82 Å². The van der Waals surface area contributed by atoms with Gasteiger partial charge in [-0.1, -0.05) is 37.1 Å². The summed E-state index contributed by atoms with van der Waals surface area (Å²) >= 11 is 0. The van der Waals surface area contributed by atoms with E-state index in [4.69, 9.17) is 5.10 Å². The van der Waals surface area contributed by atoms with Gasteiger partial charge in [-0.2, -0.15) is 5.10 Å². The number of para-hydroxylation sites is 1. The molecule has 1 aliphatic carbocycles. The molecule has 1 fully saturated rings. The zero-order chi connectivity index (χ0) is 21.4. The van der Waals surface area contributed by atoms with Crippen molar-refractivity contribution in [2.75, 3.05) is 10.6 Å². The monoisotopic (exact) mass is 418 g/mol. The third kappa shape index (κ3) is 3.83. The maximum absolute atomic E-state index is 13.6. The van der Waals surface area contributed by atoms with Gasteiger partial charge in [-0.05, 0) is 42.7 Å². The highest BCUT2D eigenvalue weighted by Crippen LogP contribution is 2.36. The summed E-state index contributed by atoms with van der Waals surface area (Å²) in [5.41, 5.74) is 2.78. The van der Waals surface area contributed by atoms with Crippen LogP contribution in [0.25, 0.3) is 5.69 Å². The number of carbonyl (C=O) groups is 2. The molecular weight excluding hydrogens is 395 g/mol. The van der Waals surface area contributed by atoms with Gasteiger partial charge in [0.15, 0.2) is 0 Å². The summed E-state index contributed by atoms with van der Waals surface area (Å²) in [7, 11) is 0. The minimum atomic E-state index is -0.696. The van der Waals surface area contributed by atoms with Gasteiger partial charge in [-0.15, -0.1) is 0 Å². The number of rotatable bonds is 4. The number of carbonyl (C=O) groups excluding carboxylic acids is 2. The van der Waals surface area contributed by atoms with E-state index in [2.05, 4.69) is 10.6 Å². The molecule has 1 saturated carbocycles. The molecule has 0 bridgehead atoms. The van der Waals surface area contributed by atoms with Crippen molar-refractivity contribution >= 4 is 23.3 Å². The second-order valence-electron chi connectivity index (χ2n) is 8.21. The molecule has 7 heteroatoms. The van der Waals surface area contributed by atoms with E-state index in [0.717, 1.165) is 24.2 Å². The lowest BCUT2D eigenvalue weighted by Crippen LogP contribution is -2.31. The lowest BCUT2D eigenvalue weighted by atomic mass is 9.89. The highest BCUT2D eigenvalue weighted by molar-refractivity contribution is 6.04. The van der Waals surface area contributed by atoms with Crippen molar-refractivity contribution in [3.05, 3.63) is 71.7 Å². The highest BCUT2D eigenvalue weighted by atomic mass is 19.1. The van der Waals surface area contributed by atoms with Crippen LogP contribution in [-0.2, 0) is 9.59 Å². The second-order valence-corrected chi connectivity index (χ2v) is 8.21. The Bertz CT molecular complexity index is 1140. The van der Waals surface area contributed by atoms with Crippen LogP contribution >= 0.6 is 0 Å². The molecule has 2 amide bonds. The largest absolute Gasteiger partial charge is 0.326 e. The summed E-state index contributed by atoms with van der Waals surface area (Å²) in [4.78, 5) is 25.4. The Hall–Kier alpha value is -3.48. The summed E-state index contributed by atoms with van der Waals surface area (Å²) in [5, 5.41) is 10.4. The first-order chi connectivity index (χ1) is 15.1. The zero-order valence-electron chi connectivity index (χ0n) is 17.0.